The Labute approximate surface area is 161 Å². The molecule has 2 aromatic carbocycles. The zero-order valence-electron chi connectivity index (χ0n) is 15.7. The van der Waals surface area contributed by atoms with Gasteiger partial charge in [-0.05, 0) is 42.3 Å². The van der Waals surface area contributed by atoms with Crippen LogP contribution in [0.1, 0.15) is 5.56 Å². The monoisotopic (exact) mass is 384 g/mol. The molecule has 0 saturated heterocycles. The van der Waals surface area contributed by atoms with Gasteiger partial charge in [-0.15, -0.1) is 0 Å². The van der Waals surface area contributed by atoms with Crippen LogP contribution in [0.4, 0.5) is 10.1 Å². The Kier molecular flexibility index (Phi) is 5.75. The number of rotatable bonds is 6. The molecule has 0 aliphatic rings. The highest BCUT2D eigenvalue weighted by Gasteiger charge is 2.13. The van der Waals surface area contributed by atoms with E-state index in [9.17, 15) is 14.0 Å². The lowest BCUT2D eigenvalue weighted by Crippen LogP contribution is -2.36. The van der Waals surface area contributed by atoms with Crippen molar-refractivity contribution in [3.05, 3.63) is 64.3 Å². The van der Waals surface area contributed by atoms with Gasteiger partial charge in [-0.2, -0.15) is 0 Å². The number of aliphatic hydroxyl groups excluding tert-OH is 1. The number of fused-ring (bicyclic) bond motifs is 1. The van der Waals surface area contributed by atoms with Gasteiger partial charge in [0.1, 0.15) is 11.4 Å². The van der Waals surface area contributed by atoms with Crippen LogP contribution in [0, 0.1) is 12.7 Å². The van der Waals surface area contributed by atoms with Crippen LogP contribution in [0.25, 0.3) is 22.1 Å². The van der Waals surface area contributed by atoms with Crippen LogP contribution in [0.5, 0.6) is 0 Å². The molecule has 0 spiro atoms. The van der Waals surface area contributed by atoms with Gasteiger partial charge < -0.3 is 19.7 Å². The molecule has 1 aromatic heterocycles. The molecule has 3 aromatic rings. The van der Waals surface area contributed by atoms with Crippen molar-refractivity contribution in [1.29, 1.82) is 0 Å². The summed E-state index contributed by atoms with van der Waals surface area (Å²) >= 11 is 0. The number of hydrogen-bond acceptors (Lipinski definition) is 5. The molecule has 1 heterocycles. The Morgan fingerprint density at radius 2 is 1.96 bits per heavy atom. The van der Waals surface area contributed by atoms with Crippen molar-refractivity contribution < 1.29 is 18.7 Å². The third kappa shape index (κ3) is 4.20. The summed E-state index contributed by atoms with van der Waals surface area (Å²) in [6.07, 6.45) is 0. The SMILES string of the molecule is Cc1ccc(F)cc1-c1cc(=O)oc2cc(N(C)CC(=O)NCCO)ccc12. The number of benzene rings is 2. The number of aryl methyl sites for hydroxylation is 1. The number of hydrogen-bond donors (Lipinski definition) is 2. The van der Waals surface area contributed by atoms with Gasteiger partial charge in [0, 0.05) is 42.4 Å². The minimum Gasteiger partial charge on any atom is -0.423 e. The molecule has 0 radical (unpaired) electrons. The Morgan fingerprint density at radius 1 is 1.18 bits per heavy atom. The molecule has 28 heavy (non-hydrogen) atoms. The minimum atomic E-state index is -0.536. The number of likely N-dealkylation sites (N-methyl/N-ethyl adjacent to an activating group) is 1. The third-order valence-corrected chi connectivity index (χ3v) is 4.47. The summed E-state index contributed by atoms with van der Waals surface area (Å²) in [4.78, 5) is 25.6. The molecule has 3 rings (SSSR count). The summed E-state index contributed by atoms with van der Waals surface area (Å²) in [6.45, 7) is 2.00. The van der Waals surface area contributed by atoms with Crippen molar-refractivity contribution in [2.75, 3.05) is 31.6 Å². The van der Waals surface area contributed by atoms with E-state index in [2.05, 4.69) is 5.32 Å². The lowest BCUT2D eigenvalue weighted by atomic mass is 9.97. The molecule has 0 aliphatic heterocycles. The Morgan fingerprint density at radius 3 is 2.71 bits per heavy atom. The van der Waals surface area contributed by atoms with Gasteiger partial charge in [-0.25, -0.2) is 9.18 Å². The van der Waals surface area contributed by atoms with Gasteiger partial charge in [0.25, 0.3) is 0 Å². The number of nitrogens with zero attached hydrogens (tertiary/aromatic N) is 1. The highest BCUT2D eigenvalue weighted by molar-refractivity contribution is 5.95. The van der Waals surface area contributed by atoms with Gasteiger partial charge in [0.15, 0.2) is 0 Å². The lowest BCUT2D eigenvalue weighted by Gasteiger charge is -2.19. The Bertz CT molecular complexity index is 1080. The Balaban J connectivity index is 2.01. The van der Waals surface area contributed by atoms with E-state index in [1.807, 2.05) is 6.92 Å². The van der Waals surface area contributed by atoms with E-state index in [-0.39, 0.29) is 31.4 Å². The van der Waals surface area contributed by atoms with Crippen LogP contribution in [0.2, 0.25) is 0 Å². The van der Waals surface area contributed by atoms with Gasteiger partial charge >= 0.3 is 5.63 Å². The number of nitrogens with one attached hydrogen (secondary N) is 1. The summed E-state index contributed by atoms with van der Waals surface area (Å²) in [5.74, 6) is -0.616. The zero-order chi connectivity index (χ0) is 20.3. The normalized spacial score (nSPS) is 10.9. The summed E-state index contributed by atoms with van der Waals surface area (Å²) in [7, 11) is 1.73. The average molecular weight is 384 g/mol. The van der Waals surface area contributed by atoms with Gasteiger partial charge in [0.05, 0.1) is 13.2 Å². The third-order valence-electron chi connectivity index (χ3n) is 4.47. The number of carbonyl (C=O) groups is 1. The van der Waals surface area contributed by atoms with E-state index in [1.54, 1.807) is 36.2 Å². The highest BCUT2D eigenvalue weighted by Crippen LogP contribution is 2.32. The van der Waals surface area contributed by atoms with E-state index in [1.165, 1.54) is 18.2 Å². The summed E-state index contributed by atoms with van der Waals surface area (Å²) < 4.78 is 19.1. The molecule has 0 atom stereocenters. The predicted octanol–water partition coefficient (Wildman–Crippen LogP) is 2.45. The smallest absolute Gasteiger partial charge is 0.336 e. The fourth-order valence-electron chi connectivity index (χ4n) is 3.05. The van der Waals surface area contributed by atoms with Crippen molar-refractivity contribution in [3.8, 4) is 11.1 Å². The van der Waals surface area contributed by atoms with Gasteiger partial charge in [0.2, 0.25) is 5.91 Å². The first-order chi connectivity index (χ1) is 13.4. The number of carbonyl (C=O) groups excluding carboxylic acids is 1. The topological polar surface area (TPSA) is 82.8 Å². The summed E-state index contributed by atoms with van der Waals surface area (Å²) in [5.41, 5.74) is 2.57. The molecular weight excluding hydrogens is 363 g/mol. The molecule has 6 nitrogen and oxygen atoms in total. The number of anilines is 1. The van der Waals surface area contributed by atoms with Gasteiger partial charge in [-0.1, -0.05) is 6.07 Å². The maximum atomic E-state index is 13.8. The maximum absolute atomic E-state index is 13.8. The molecule has 146 valence electrons. The molecule has 0 unspecified atom stereocenters. The van der Waals surface area contributed by atoms with Crippen molar-refractivity contribution in [1.82, 2.24) is 5.32 Å². The van der Waals surface area contributed by atoms with Crippen LogP contribution >= 0.6 is 0 Å². The largest absolute Gasteiger partial charge is 0.423 e. The molecule has 0 bridgehead atoms. The molecule has 2 N–H and O–H groups in total. The van der Waals surface area contributed by atoms with Crippen molar-refractivity contribution in [2.24, 2.45) is 0 Å². The van der Waals surface area contributed by atoms with Crippen LogP contribution in [-0.2, 0) is 4.79 Å². The lowest BCUT2D eigenvalue weighted by molar-refractivity contribution is -0.119. The first-order valence-electron chi connectivity index (χ1n) is 8.82. The van der Waals surface area contributed by atoms with Crippen LogP contribution < -0.4 is 15.8 Å². The summed E-state index contributed by atoms with van der Waals surface area (Å²) in [6, 6.07) is 11.1. The van der Waals surface area contributed by atoms with Crippen molar-refractivity contribution in [3.63, 3.8) is 0 Å². The Hall–Kier alpha value is -3.19. The van der Waals surface area contributed by atoms with Crippen molar-refractivity contribution >= 4 is 22.6 Å². The number of amides is 1. The standard InChI is InChI=1S/C21H21FN2O4/c1-13-3-4-14(22)9-17(13)18-11-21(27)28-19-10-15(5-6-16(18)19)24(2)12-20(26)23-7-8-25/h3-6,9-11,25H,7-8,12H2,1-2H3,(H,23,26). The van der Waals surface area contributed by atoms with Gasteiger partial charge in [-0.3, -0.25) is 4.79 Å². The molecule has 0 aliphatic carbocycles. The fourth-order valence-corrected chi connectivity index (χ4v) is 3.05. The van der Waals surface area contributed by atoms with E-state index in [4.69, 9.17) is 9.52 Å². The fraction of sp³-hybridized carbons (Fsp3) is 0.238. The van der Waals surface area contributed by atoms with Crippen LogP contribution in [0.15, 0.2) is 51.7 Å². The van der Waals surface area contributed by atoms with E-state index in [0.717, 1.165) is 5.56 Å². The molecule has 7 heteroatoms. The van der Waals surface area contributed by atoms with Crippen molar-refractivity contribution in [2.45, 2.75) is 6.92 Å². The van der Waals surface area contributed by atoms with Crippen LogP contribution in [-0.4, -0.2) is 37.8 Å². The molecule has 1 amide bonds. The maximum Gasteiger partial charge on any atom is 0.336 e. The van der Waals surface area contributed by atoms with Crippen LogP contribution in [0.3, 0.4) is 0 Å². The highest BCUT2D eigenvalue weighted by atomic mass is 19.1. The second kappa shape index (κ2) is 8.22. The first-order valence-corrected chi connectivity index (χ1v) is 8.82. The zero-order valence-corrected chi connectivity index (χ0v) is 15.7. The summed E-state index contributed by atoms with van der Waals surface area (Å²) in [5, 5.41) is 12.0. The number of halogens is 1. The van der Waals surface area contributed by atoms with E-state index >= 15 is 0 Å². The van der Waals surface area contributed by atoms with E-state index < -0.39 is 5.63 Å². The second-order valence-electron chi connectivity index (χ2n) is 6.55. The molecule has 0 saturated carbocycles. The predicted molar refractivity (Wildman–Crippen MR) is 106 cm³/mol. The second-order valence-corrected chi connectivity index (χ2v) is 6.55. The van der Waals surface area contributed by atoms with E-state index in [0.29, 0.717) is 27.8 Å². The average Bonchev–Trinajstić information content (AvgIpc) is 2.67. The molecule has 0 fully saturated rings. The first kappa shape index (κ1) is 19.6. The number of aliphatic hydroxyl groups is 1. The quantitative estimate of drug-likeness (QED) is 0.638. The molecular formula is C21H21FN2O4. The minimum absolute atomic E-state index is 0.0818.